The van der Waals surface area contributed by atoms with Crippen molar-refractivity contribution >= 4 is 17.3 Å². The molecule has 0 aromatic heterocycles. The molecule has 19 heavy (non-hydrogen) atoms. The lowest BCUT2D eigenvalue weighted by atomic mass is 10.1. The van der Waals surface area contributed by atoms with Crippen molar-refractivity contribution in [3.05, 3.63) is 33.9 Å². The van der Waals surface area contributed by atoms with Crippen molar-refractivity contribution in [1.29, 1.82) is 0 Å². The second-order valence-electron chi connectivity index (χ2n) is 3.92. The topological polar surface area (TPSA) is 110 Å². The second kappa shape index (κ2) is 7.32. The number of nitrogens with one attached hydrogen (secondary N) is 2. The van der Waals surface area contributed by atoms with Gasteiger partial charge in [-0.25, -0.2) is 0 Å². The standard InChI is InChI=1S/C12H18N4O3/c1-2-14-12(17)9-4-5-10(15-7-3-6-13)11(8-9)16(18)19/h4-5,8,15H,2-3,6-7,13H2,1H3,(H,14,17). The normalized spacial score (nSPS) is 10.0. The maximum Gasteiger partial charge on any atom is 0.293 e. The minimum Gasteiger partial charge on any atom is -0.379 e. The fourth-order valence-electron chi connectivity index (χ4n) is 1.56. The van der Waals surface area contributed by atoms with Crippen molar-refractivity contribution in [1.82, 2.24) is 5.32 Å². The number of amides is 1. The number of nitro groups is 1. The largest absolute Gasteiger partial charge is 0.379 e. The van der Waals surface area contributed by atoms with E-state index in [0.717, 1.165) is 6.42 Å². The number of carbonyl (C=O) groups excluding carboxylic acids is 1. The maximum absolute atomic E-state index is 11.6. The average Bonchev–Trinajstić information content (AvgIpc) is 2.39. The molecule has 104 valence electrons. The number of hydrogen-bond acceptors (Lipinski definition) is 5. The minimum absolute atomic E-state index is 0.110. The summed E-state index contributed by atoms with van der Waals surface area (Å²) < 4.78 is 0. The lowest BCUT2D eigenvalue weighted by Crippen LogP contribution is -2.22. The SMILES string of the molecule is CCNC(=O)c1ccc(NCCCN)c([N+](=O)[O-])c1. The minimum atomic E-state index is -0.506. The van der Waals surface area contributed by atoms with E-state index in [0.29, 0.717) is 25.3 Å². The fourth-order valence-corrected chi connectivity index (χ4v) is 1.56. The summed E-state index contributed by atoms with van der Waals surface area (Å²) >= 11 is 0. The molecule has 7 heteroatoms. The second-order valence-corrected chi connectivity index (χ2v) is 3.92. The first kappa shape index (κ1) is 14.9. The van der Waals surface area contributed by atoms with Crippen LogP contribution in [-0.2, 0) is 0 Å². The van der Waals surface area contributed by atoms with Crippen LogP contribution in [-0.4, -0.2) is 30.5 Å². The first-order valence-corrected chi connectivity index (χ1v) is 6.10. The lowest BCUT2D eigenvalue weighted by Gasteiger charge is -2.08. The molecule has 0 aliphatic carbocycles. The molecular weight excluding hydrogens is 248 g/mol. The molecule has 1 aromatic carbocycles. The summed E-state index contributed by atoms with van der Waals surface area (Å²) in [6.07, 6.45) is 0.717. The van der Waals surface area contributed by atoms with Gasteiger partial charge in [0.15, 0.2) is 0 Å². The number of rotatable bonds is 7. The third-order valence-corrected chi connectivity index (χ3v) is 2.49. The number of carbonyl (C=O) groups is 1. The van der Waals surface area contributed by atoms with Gasteiger partial charge < -0.3 is 16.4 Å². The molecule has 1 rings (SSSR count). The molecule has 0 saturated carbocycles. The van der Waals surface area contributed by atoms with Crippen molar-refractivity contribution in [3.63, 3.8) is 0 Å². The van der Waals surface area contributed by atoms with Gasteiger partial charge in [0.1, 0.15) is 5.69 Å². The zero-order valence-corrected chi connectivity index (χ0v) is 10.8. The molecule has 0 unspecified atom stereocenters. The van der Waals surface area contributed by atoms with E-state index in [1.165, 1.54) is 6.07 Å². The van der Waals surface area contributed by atoms with Gasteiger partial charge in [0.2, 0.25) is 0 Å². The van der Waals surface area contributed by atoms with Crippen LogP contribution >= 0.6 is 0 Å². The molecule has 0 heterocycles. The van der Waals surface area contributed by atoms with Crippen LogP contribution in [0.15, 0.2) is 18.2 Å². The lowest BCUT2D eigenvalue weighted by molar-refractivity contribution is -0.384. The zero-order chi connectivity index (χ0) is 14.3. The molecule has 0 bridgehead atoms. The number of nitrogens with zero attached hydrogens (tertiary/aromatic N) is 1. The molecule has 1 aromatic rings. The number of benzene rings is 1. The third kappa shape index (κ3) is 4.22. The molecule has 0 radical (unpaired) electrons. The first-order valence-electron chi connectivity index (χ1n) is 6.10. The van der Waals surface area contributed by atoms with Gasteiger partial charge in [0, 0.05) is 24.7 Å². The smallest absolute Gasteiger partial charge is 0.293 e. The predicted molar refractivity (Wildman–Crippen MR) is 73.3 cm³/mol. The van der Waals surface area contributed by atoms with E-state index in [2.05, 4.69) is 10.6 Å². The van der Waals surface area contributed by atoms with Crippen LogP contribution < -0.4 is 16.4 Å². The Morgan fingerprint density at radius 1 is 1.47 bits per heavy atom. The molecule has 0 saturated heterocycles. The van der Waals surface area contributed by atoms with Gasteiger partial charge in [-0.3, -0.25) is 14.9 Å². The molecule has 1 amide bonds. The Kier molecular flexibility index (Phi) is 5.74. The Hall–Kier alpha value is -2.15. The molecule has 0 fully saturated rings. The van der Waals surface area contributed by atoms with E-state index in [1.807, 2.05) is 0 Å². The molecule has 7 nitrogen and oxygen atoms in total. The van der Waals surface area contributed by atoms with Crippen LogP contribution in [0.2, 0.25) is 0 Å². The van der Waals surface area contributed by atoms with Gasteiger partial charge in [-0.2, -0.15) is 0 Å². The van der Waals surface area contributed by atoms with Crippen LogP contribution in [0.1, 0.15) is 23.7 Å². The Morgan fingerprint density at radius 3 is 2.79 bits per heavy atom. The molecule has 0 atom stereocenters. The predicted octanol–water partition coefficient (Wildman–Crippen LogP) is 1.11. The van der Waals surface area contributed by atoms with Crippen LogP contribution in [0, 0.1) is 10.1 Å². The highest BCUT2D eigenvalue weighted by Crippen LogP contribution is 2.25. The zero-order valence-electron chi connectivity index (χ0n) is 10.8. The molecule has 0 aliphatic rings. The van der Waals surface area contributed by atoms with E-state index in [4.69, 9.17) is 5.73 Å². The van der Waals surface area contributed by atoms with Gasteiger partial charge >= 0.3 is 0 Å². The summed E-state index contributed by atoms with van der Waals surface area (Å²) in [7, 11) is 0. The monoisotopic (exact) mass is 266 g/mol. The van der Waals surface area contributed by atoms with E-state index in [9.17, 15) is 14.9 Å². The third-order valence-electron chi connectivity index (χ3n) is 2.49. The highest BCUT2D eigenvalue weighted by Gasteiger charge is 2.16. The molecule has 0 aliphatic heterocycles. The van der Waals surface area contributed by atoms with Crippen LogP contribution in [0.25, 0.3) is 0 Å². The van der Waals surface area contributed by atoms with Crippen LogP contribution in [0.4, 0.5) is 11.4 Å². The summed E-state index contributed by atoms with van der Waals surface area (Å²) in [5.41, 5.74) is 5.92. The molecular formula is C12H18N4O3. The van der Waals surface area contributed by atoms with Crippen molar-refractivity contribution in [2.75, 3.05) is 25.0 Å². The maximum atomic E-state index is 11.6. The highest BCUT2D eigenvalue weighted by molar-refractivity contribution is 5.95. The summed E-state index contributed by atoms with van der Waals surface area (Å²) in [4.78, 5) is 22.1. The van der Waals surface area contributed by atoms with Gasteiger partial charge in [-0.15, -0.1) is 0 Å². The van der Waals surface area contributed by atoms with Crippen LogP contribution in [0.5, 0.6) is 0 Å². The molecule has 4 N–H and O–H groups in total. The van der Waals surface area contributed by atoms with E-state index in [1.54, 1.807) is 19.1 Å². The number of nitro benzene ring substituents is 1. The summed E-state index contributed by atoms with van der Waals surface area (Å²) in [5, 5.41) is 16.5. The Labute approximate surface area is 111 Å². The van der Waals surface area contributed by atoms with E-state index in [-0.39, 0.29) is 17.2 Å². The fraction of sp³-hybridized carbons (Fsp3) is 0.417. The van der Waals surface area contributed by atoms with Crippen LogP contribution in [0.3, 0.4) is 0 Å². The summed E-state index contributed by atoms with van der Waals surface area (Å²) in [6, 6.07) is 4.37. The van der Waals surface area contributed by atoms with Gasteiger partial charge in [-0.05, 0) is 32.0 Å². The van der Waals surface area contributed by atoms with Crippen molar-refractivity contribution in [3.8, 4) is 0 Å². The van der Waals surface area contributed by atoms with Crippen molar-refractivity contribution in [2.24, 2.45) is 5.73 Å². The van der Waals surface area contributed by atoms with E-state index >= 15 is 0 Å². The first-order chi connectivity index (χ1) is 9.10. The van der Waals surface area contributed by atoms with Gasteiger partial charge in [0.05, 0.1) is 4.92 Å². The summed E-state index contributed by atoms with van der Waals surface area (Å²) in [5.74, 6) is -0.320. The number of anilines is 1. The Bertz CT molecular complexity index is 462. The number of nitrogens with two attached hydrogens (primary N) is 1. The quantitative estimate of drug-likeness (QED) is 0.389. The Balaban J connectivity index is 2.94. The summed E-state index contributed by atoms with van der Waals surface area (Å²) in [6.45, 7) is 3.33. The Morgan fingerprint density at radius 2 is 2.21 bits per heavy atom. The van der Waals surface area contributed by atoms with Gasteiger partial charge in [-0.1, -0.05) is 0 Å². The van der Waals surface area contributed by atoms with Gasteiger partial charge in [0.25, 0.3) is 11.6 Å². The average molecular weight is 266 g/mol. The number of hydrogen-bond donors (Lipinski definition) is 3. The van der Waals surface area contributed by atoms with E-state index < -0.39 is 4.92 Å². The van der Waals surface area contributed by atoms with Crippen molar-refractivity contribution in [2.45, 2.75) is 13.3 Å². The highest BCUT2D eigenvalue weighted by atomic mass is 16.6. The molecule has 0 spiro atoms. The van der Waals surface area contributed by atoms with Crippen molar-refractivity contribution < 1.29 is 9.72 Å².